The predicted molar refractivity (Wildman–Crippen MR) is 265 cm³/mol. The molecular formula is C60H38N4. The summed E-state index contributed by atoms with van der Waals surface area (Å²) in [7, 11) is 0. The fourth-order valence-corrected chi connectivity index (χ4v) is 9.80. The van der Waals surface area contributed by atoms with Gasteiger partial charge in [0.15, 0.2) is 0 Å². The summed E-state index contributed by atoms with van der Waals surface area (Å²) in [6.45, 7) is 0. The maximum Gasteiger partial charge on any atom is 0.101 e. The van der Waals surface area contributed by atoms with Crippen LogP contribution in [0.3, 0.4) is 0 Å². The van der Waals surface area contributed by atoms with Gasteiger partial charge in [0.1, 0.15) is 6.07 Å². The summed E-state index contributed by atoms with van der Waals surface area (Å²) in [5.41, 5.74) is 17.7. The molecule has 12 aromatic rings. The van der Waals surface area contributed by atoms with Gasteiger partial charge < -0.3 is 9.13 Å². The van der Waals surface area contributed by atoms with Crippen molar-refractivity contribution >= 4 is 43.6 Å². The van der Waals surface area contributed by atoms with E-state index in [0.29, 0.717) is 5.56 Å². The number of aromatic nitrogens is 3. The van der Waals surface area contributed by atoms with Gasteiger partial charge in [-0.25, -0.2) is 0 Å². The van der Waals surface area contributed by atoms with Crippen LogP contribution in [-0.2, 0) is 0 Å². The number of pyridine rings is 1. The first-order valence-electron chi connectivity index (χ1n) is 21.6. The molecule has 4 heteroatoms. The number of nitriles is 1. The summed E-state index contributed by atoms with van der Waals surface area (Å²) in [5.74, 6) is 0. The molecular weight excluding hydrogens is 777 g/mol. The fraction of sp³-hybridized carbons (Fsp3) is 0. The zero-order valence-electron chi connectivity index (χ0n) is 34.7. The normalized spacial score (nSPS) is 11.4. The molecule has 0 aliphatic carbocycles. The zero-order chi connectivity index (χ0) is 42.6. The summed E-state index contributed by atoms with van der Waals surface area (Å²) >= 11 is 0. The number of hydrogen-bond acceptors (Lipinski definition) is 2. The third kappa shape index (κ3) is 6.02. The Morgan fingerprint density at radius 1 is 0.312 bits per heavy atom. The van der Waals surface area contributed by atoms with E-state index in [-0.39, 0.29) is 0 Å². The van der Waals surface area contributed by atoms with Crippen molar-refractivity contribution < 1.29 is 0 Å². The van der Waals surface area contributed by atoms with Gasteiger partial charge in [-0.2, -0.15) is 5.26 Å². The predicted octanol–water partition coefficient (Wildman–Crippen LogP) is 15.5. The Labute approximate surface area is 370 Å². The van der Waals surface area contributed by atoms with Crippen molar-refractivity contribution in [2.45, 2.75) is 0 Å². The highest BCUT2D eigenvalue weighted by atomic mass is 15.0. The summed E-state index contributed by atoms with van der Waals surface area (Å²) in [5, 5.41) is 15.8. The van der Waals surface area contributed by atoms with E-state index in [9.17, 15) is 5.26 Å². The van der Waals surface area contributed by atoms with E-state index < -0.39 is 0 Å². The van der Waals surface area contributed by atoms with Crippen molar-refractivity contribution in [3.8, 4) is 73.1 Å². The lowest BCUT2D eigenvalue weighted by molar-refractivity contribution is 1.13. The maximum absolute atomic E-state index is 11.2. The van der Waals surface area contributed by atoms with Crippen LogP contribution in [0.5, 0.6) is 0 Å². The molecule has 0 N–H and O–H groups in total. The molecule has 0 saturated carbocycles. The quantitative estimate of drug-likeness (QED) is 0.161. The van der Waals surface area contributed by atoms with Crippen LogP contribution >= 0.6 is 0 Å². The molecule has 0 amide bonds. The van der Waals surface area contributed by atoms with E-state index in [1.54, 1.807) is 0 Å². The van der Waals surface area contributed by atoms with E-state index in [0.717, 1.165) is 88.4 Å². The second-order valence-corrected chi connectivity index (χ2v) is 16.2. The standard InChI is InChI=1S/C60H38N4/c61-39-45-35-54(42-31-33-62-34-32-42)60(64-56-26-14-12-24-51(56)53-30-28-44(37-59(53)64)49-22-10-8-20-47(49)41-17-5-2-6-18-41)38-57(45)63-55-25-13-11-23-50(55)52-29-27-43(36-58(52)63)48-21-9-7-19-46(48)40-15-3-1-4-16-40/h1-38H. The topological polar surface area (TPSA) is 46.5 Å². The molecule has 0 aliphatic heterocycles. The second kappa shape index (κ2) is 15.3. The summed E-state index contributed by atoms with van der Waals surface area (Å²) in [6.07, 6.45) is 3.65. The minimum Gasteiger partial charge on any atom is -0.309 e. The second-order valence-electron chi connectivity index (χ2n) is 16.2. The van der Waals surface area contributed by atoms with Crippen molar-refractivity contribution in [1.29, 1.82) is 5.26 Å². The number of hydrogen-bond donors (Lipinski definition) is 0. The third-order valence-electron chi connectivity index (χ3n) is 12.7. The van der Waals surface area contributed by atoms with Crippen LogP contribution in [0.1, 0.15) is 5.56 Å². The first kappa shape index (κ1) is 37.0. The molecule has 298 valence electrons. The molecule has 0 aliphatic rings. The molecule has 12 rings (SSSR count). The number of rotatable bonds is 7. The highest BCUT2D eigenvalue weighted by Crippen LogP contribution is 2.43. The molecule has 3 heterocycles. The van der Waals surface area contributed by atoms with Gasteiger partial charge in [-0.15, -0.1) is 0 Å². The Balaban J connectivity index is 1.15. The number of fused-ring (bicyclic) bond motifs is 6. The minimum atomic E-state index is 0.576. The Bertz CT molecular complexity index is 3780. The highest BCUT2D eigenvalue weighted by molar-refractivity contribution is 6.13. The molecule has 0 saturated heterocycles. The smallest absolute Gasteiger partial charge is 0.101 e. The van der Waals surface area contributed by atoms with Crippen LogP contribution in [-0.4, -0.2) is 14.1 Å². The number of benzene rings is 9. The van der Waals surface area contributed by atoms with Gasteiger partial charge in [-0.05, 0) is 98.6 Å². The zero-order valence-corrected chi connectivity index (χ0v) is 34.7. The molecule has 0 atom stereocenters. The van der Waals surface area contributed by atoms with Crippen LogP contribution in [0.25, 0.3) is 111 Å². The lowest BCUT2D eigenvalue weighted by Gasteiger charge is -2.19. The van der Waals surface area contributed by atoms with E-state index in [1.807, 2.05) is 24.5 Å². The van der Waals surface area contributed by atoms with Crippen LogP contribution < -0.4 is 0 Å². The van der Waals surface area contributed by atoms with E-state index >= 15 is 0 Å². The van der Waals surface area contributed by atoms with Crippen LogP contribution in [0, 0.1) is 11.3 Å². The highest BCUT2D eigenvalue weighted by Gasteiger charge is 2.23. The van der Waals surface area contributed by atoms with Gasteiger partial charge in [-0.3, -0.25) is 4.98 Å². The molecule has 9 aromatic carbocycles. The minimum absolute atomic E-state index is 0.576. The van der Waals surface area contributed by atoms with Crippen LogP contribution in [0.4, 0.5) is 0 Å². The lowest BCUT2D eigenvalue weighted by atomic mass is 9.94. The van der Waals surface area contributed by atoms with Gasteiger partial charge in [0.05, 0.1) is 39.0 Å². The first-order valence-corrected chi connectivity index (χ1v) is 21.6. The monoisotopic (exact) mass is 814 g/mol. The molecule has 3 aromatic heterocycles. The van der Waals surface area contributed by atoms with Crippen LogP contribution in [0.15, 0.2) is 231 Å². The van der Waals surface area contributed by atoms with Crippen molar-refractivity contribution in [2.24, 2.45) is 0 Å². The molecule has 64 heavy (non-hydrogen) atoms. The van der Waals surface area contributed by atoms with Crippen molar-refractivity contribution in [2.75, 3.05) is 0 Å². The fourth-order valence-electron chi connectivity index (χ4n) is 9.80. The van der Waals surface area contributed by atoms with Gasteiger partial charge in [-0.1, -0.05) is 170 Å². The van der Waals surface area contributed by atoms with E-state index in [2.05, 4.69) is 226 Å². The molecule has 0 fully saturated rings. The summed E-state index contributed by atoms with van der Waals surface area (Å²) in [6, 6.07) is 80.3. The van der Waals surface area contributed by atoms with Crippen molar-refractivity contribution in [1.82, 2.24) is 14.1 Å². The molecule has 0 spiro atoms. The average molecular weight is 815 g/mol. The van der Waals surface area contributed by atoms with E-state index in [4.69, 9.17) is 0 Å². The number of para-hydroxylation sites is 2. The Hall–Kier alpha value is -8.78. The lowest BCUT2D eigenvalue weighted by Crippen LogP contribution is -2.04. The Morgan fingerprint density at radius 3 is 1.22 bits per heavy atom. The Morgan fingerprint density at radius 2 is 0.719 bits per heavy atom. The summed E-state index contributed by atoms with van der Waals surface area (Å²) in [4.78, 5) is 4.39. The molecule has 0 bridgehead atoms. The largest absolute Gasteiger partial charge is 0.309 e. The first-order chi connectivity index (χ1) is 31.7. The van der Waals surface area contributed by atoms with Crippen molar-refractivity contribution in [3.05, 3.63) is 236 Å². The molecule has 0 radical (unpaired) electrons. The van der Waals surface area contributed by atoms with Crippen molar-refractivity contribution in [3.63, 3.8) is 0 Å². The Kier molecular flexibility index (Phi) is 8.84. The average Bonchev–Trinajstić information content (AvgIpc) is 3.88. The maximum atomic E-state index is 11.2. The number of nitrogens with zero attached hydrogens (tertiary/aromatic N) is 4. The molecule has 0 unspecified atom stereocenters. The van der Waals surface area contributed by atoms with Gasteiger partial charge in [0.25, 0.3) is 0 Å². The van der Waals surface area contributed by atoms with E-state index in [1.165, 1.54) is 22.3 Å². The molecule has 4 nitrogen and oxygen atoms in total. The summed E-state index contributed by atoms with van der Waals surface area (Å²) < 4.78 is 4.70. The van der Waals surface area contributed by atoms with Gasteiger partial charge >= 0.3 is 0 Å². The third-order valence-corrected chi connectivity index (χ3v) is 12.7. The van der Waals surface area contributed by atoms with Crippen LogP contribution in [0.2, 0.25) is 0 Å². The van der Waals surface area contributed by atoms with Gasteiger partial charge in [0.2, 0.25) is 0 Å². The SMILES string of the molecule is N#Cc1cc(-c2ccncc2)c(-n2c3ccccc3c3ccc(-c4ccccc4-c4ccccc4)cc32)cc1-n1c2ccccc2c2ccc(-c3ccccc3-c3ccccc3)cc21. The van der Waals surface area contributed by atoms with Gasteiger partial charge in [0, 0.05) is 39.5 Å².